The predicted octanol–water partition coefficient (Wildman–Crippen LogP) is 4.98. The number of aromatic carboxylic acids is 1. The summed E-state index contributed by atoms with van der Waals surface area (Å²) >= 11 is 2.94. The first-order chi connectivity index (χ1) is 12.6. The van der Waals surface area contributed by atoms with E-state index in [1.807, 2.05) is 29.8 Å². The highest BCUT2D eigenvalue weighted by atomic mass is 32.1. The van der Waals surface area contributed by atoms with Crippen molar-refractivity contribution in [2.24, 2.45) is 0 Å². The number of aromatic nitrogens is 1. The summed E-state index contributed by atoms with van der Waals surface area (Å²) in [5, 5.41) is 11.9. The zero-order valence-electron chi connectivity index (χ0n) is 13.3. The molecule has 2 N–H and O–H groups in total. The lowest BCUT2D eigenvalue weighted by molar-refractivity contribution is 0.0698. The Labute approximate surface area is 156 Å². The molecule has 0 unspecified atom stereocenters. The van der Waals surface area contributed by atoms with Crippen LogP contribution in [0.5, 0.6) is 0 Å². The Bertz CT molecular complexity index is 1130. The standard InChI is InChI=1S/C19H12N2O3S2/c22-18(21-13-4-2-1-3-12(13)19(23)24)17-8-7-15(26-17)11-5-6-16-14(9-11)20-10-25-16/h1-10H,(H,21,22)(H,23,24). The molecule has 0 saturated carbocycles. The Morgan fingerprint density at radius 1 is 1.04 bits per heavy atom. The summed E-state index contributed by atoms with van der Waals surface area (Å²) < 4.78 is 1.12. The summed E-state index contributed by atoms with van der Waals surface area (Å²) in [4.78, 5) is 29.5. The molecule has 0 fully saturated rings. The van der Waals surface area contributed by atoms with Gasteiger partial charge in [-0.1, -0.05) is 18.2 Å². The number of thiazole rings is 1. The molecule has 2 heterocycles. The van der Waals surface area contributed by atoms with Crippen molar-refractivity contribution in [1.29, 1.82) is 0 Å². The van der Waals surface area contributed by atoms with Crippen molar-refractivity contribution in [1.82, 2.24) is 4.98 Å². The average Bonchev–Trinajstić information content (AvgIpc) is 3.30. The summed E-state index contributed by atoms with van der Waals surface area (Å²) in [5.74, 6) is -1.41. The number of fused-ring (bicyclic) bond motifs is 1. The van der Waals surface area contributed by atoms with Crippen molar-refractivity contribution < 1.29 is 14.7 Å². The minimum Gasteiger partial charge on any atom is -0.478 e. The van der Waals surface area contributed by atoms with Gasteiger partial charge in [0.1, 0.15) is 0 Å². The highest BCUT2D eigenvalue weighted by Gasteiger charge is 2.15. The van der Waals surface area contributed by atoms with E-state index in [1.54, 1.807) is 35.6 Å². The fourth-order valence-corrected chi connectivity index (χ4v) is 4.15. The van der Waals surface area contributed by atoms with Crippen LogP contribution in [0, 0.1) is 0 Å². The quantitative estimate of drug-likeness (QED) is 0.524. The van der Waals surface area contributed by atoms with Gasteiger partial charge in [0.05, 0.1) is 31.9 Å². The number of rotatable bonds is 4. The van der Waals surface area contributed by atoms with Crippen molar-refractivity contribution in [2.45, 2.75) is 0 Å². The van der Waals surface area contributed by atoms with Crippen LogP contribution >= 0.6 is 22.7 Å². The monoisotopic (exact) mass is 380 g/mol. The molecule has 0 spiro atoms. The largest absolute Gasteiger partial charge is 0.478 e. The minimum absolute atomic E-state index is 0.0617. The molecule has 0 atom stereocenters. The van der Waals surface area contributed by atoms with Crippen molar-refractivity contribution in [2.75, 3.05) is 5.32 Å². The van der Waals surface area contributed by atoms with E-state index in [0.29, 0.717) is 4.88 Å². The van der Waals surface area contributed by atoms with Gasteiger partial charge in [0, 0.05) is 4.88 Å². The summed E-state index contributed by atoms with van der Waals surface area (Å²) in [6.45, 7) is 0. The molecule has 0 aliphatic heterocycles. The number of nitrogens with one attached hydrogen (secondary N) is 1. The van der Waals surface area contributed by atoms with Gasteiger partial charge in [-0.2, -0.15) is 0 Å². The van der Waals surface area contributed by atoms with Crippen LogP contribution in [0.25, 0.3) is 20.7 Å². The minimum atomic E-state index is -1.08. The number of thiophene rings is 1. The molecule has 0 aliphatic carbocycles. The van der Waals surface area contributed by atoms with Crippen LogP contribution < -0.4 is 5.32 Å². The van der Waals surface area contributed by atoms with Gasteiger partial charge in [0.15, 0.2) is 0 Å². The van der Waals surface area contributed by atoms with Gasteiger partial charge < -0.3 is 10.4 Å². The smallest absolute Gasteiger partial charge is 0.337 e. The number of hydrogen-bond donors (Lipinski definition) is 2. The molecule has 0 radical (unpaired) electrons. The predicted molar refractivity (Wildman–Crippen MR) is 104 cm³/mol. The number of carboxylic acid groups (broad SMARTS) is 1. The van der Waals surface area contributed by atoms with Gasteiger partial charge in [-0.05, 0) is 42.0 Å². The van der Waals surface area contributed by atoms with Crippen LogP contribution in [-0.2, 0) is 0 Å². The highest BCUT2D eigenvalue weighted by Crippen LogP contribution is 2.31. The molecule has 26 heavy (non-hydrogen) atoms. The molecule has 0 aliphatic rings. The molecule has 5 nitrogen and oxygen atoms in total. The number of anilines is 1. The molecule has 128 valence electrons. The van der Waals surface area contributed by atoms with Crippen LogP contribution in [0.15, 0.2) is 60.1 Å². The molecule has 0 bridgehead atoms. The molecule has 1 amide bonds. The normalized spacial score (nSPS) is 10.8. The van der Waals surface area contributed by atoms with Crippen LogP contribution in [0.3, 0.4) is 0 Å². The Hall–Kier alpha value is -3.03. The molecular weight excluding hydrogens is 368 g/mol. The van der Waals surface area contributed by atoms with E-state index >= 15 is 0 Å². The highest BCUT2D eigenvalue weighted by molar-refractivity contribution is 7.17. The van der Waals surface area contributed by atoms with E-state index in [1.165, 1.54) is 17.4 Å². The Balaban J connectivity index is 1.59. The third-order valence-electron chi connectivity index (χ3n) is 3.85. The molecule has 4 rings (SSSR count). The topological polar surface area (TPSA) is 79.3 Å². The fourth-order valence-electron chi connectivity index (χ4n) is 2.59. The van der Waals surface area contributed by atoms with Crippen molar-refractivity contribution >= 4 is 50.5 Å². The van der Waals surface area contributed by atoms with E-state index < -0.39 is 5.97 Å². The van der Waals surface area contributed by atoms with E-state index in [-0.39, 0.29) is 17.2 Å². The van der Waals surface area contributed by atoms with Gasteiger partial charge in [-0.25, -0.2) is 9.78 Å². The van der Waals surface area contributed by atoms with E-state index in [2.05, 4.69) is 10.3 Å². The summed E-state index contributed by atoms with van der Waals surface area (Å²) in [5.41, 5.74) is 4.08. The average molecular weight is 380 g/mol. The number of carbonyl (C=O) groups excluding carboxylic acids is 1. The van der Waals surface area contributed by atoms with Gasteiger partial charge in [-0.15, -0.1) is 22.7 Å². The second-order valence-corrected chi connectivity index (χ2v) is 7.47. The van der Waals surface area contributed by atoms with Crippen molar-refractivity contribution in [3.63, 3.8) is 0 Å². The summed E-state index contributed by atoms with van der Waals surface area (Å²) in [6.07, 6.45) is 0. The van der Waals surface area contributed by atoms with Crippen molar-refractivity contribution in [3.05, 3.63) is 70.5 Å². The maximum Gasteiger partial charge on any atom is 0.337 e. The fraction of sp³-hybridized carbons (Fsp3) is 0. The third kappa shape index (κ3) is 3.10. The number of amides is 1. The SMILES string of the molecule is O=C(Nc1ccccc1C(=O)O)c1ccc(-c2ccc3scnc3c2)s1. The second kappa shape index (κ2) is 6.70. The first kappa shape index (κ1) is 16.4. The lowest BCUT2D eigenvalue weighted by atomic mass is 10.1. The first-order valence-corrected chi connectivity index (χ1v) is 9.38. The summed E-state index contributed by atoms with van der Waals surface area (Å²) in [6, 6.07) is 16.0. The van der Waals surface area contributed by atoms with Gasteiger partial charge >= 0.3 is 5.97 Å². The number of carbonyl (C=O) groups is 2. The van der Waals surface area contributed by atoms with Crippen LogP contribution in [-0.4, -0.2) is 22.0 Å². The molecule has 7 heteroatoms. The van der Waals surface area contributed by atoms with Crippen LogP contribution in [0.4, 0.5) is 5.69 Å². The van der Waals surface area contributed by atoms with Crippen molar-refractivity contribution in [3.8, 4) is 10.4 Å². The van der Waals surface area contributed by atoms with E-state index in [4.69, 9.17) is 0 Å². The lowest BCUT2D eigenvalue weighted by Crippen LogP contribution is -2.13. The maximum absolute atomic E-state index is 12.5. The Kier molecular flexibility index (Phi) is 4.24. The Morgan fingerprint density at radius 2 is 1.88 bits per heavy atom. The zero-order valence-corrected chi connectivity index (χ0v) is 14.9. The molecular formula is C19H12N2O3S2. The number of para-hydroxylation sites is 1. The third-order valence-corrected chi connectivity index (χ3v) is 5.79. The van der Waals surface area contributed by atoms with Gasteiger partial charge in [0.2, 0.25) is 0 Å². The number of carboxylic acids is 1. The number of benzene rings is 2. The summed E-state index contributed by atoms with van der Waals surface area (Å²) in [7, 11) is 0. The molecule has 4 aromatic rings. The zero-order chi connectivity index (χ0) is 18.1. The Morgan fingerprint density at radius 3 is 2.73 bits per heavy atom. The van der Waals surface area contributed by atoms with Crippen LogP contribution in [0.2, 0.25) is 0 Å². The molecule has 2 aromatic heterocycles. The number of nitrogens with zero attached hydrogens (tertiary/aromatic N) is 1. The molecule has 2 aromatic carbocycles. The first-order valence-electron chi connectivity index (χ1n) is 7.69. The van der Waals surface area contributed by atoms with Crippen LogP contribution in [0.1, 0.15) is 20.0 Å². The van der Waals surface area contributed by atoms with Gasteiger partial charge in [0.25, 0.3) is 5.91 Å². The number of hydrogen-bond acceptors (Lipinski definition) is 5. The van der Waals surface area contributed by atoms with E-state index in [0.717, 1.165) is 20.7 Å². The second-order valence-electron chi connectivity index (χ2n) is 5.50. The molecule has 0 saturated heterocycles. The van der Waals surface area contributed by atoms with E-state index in [9.17, 15) is 14.7 Å². The lowest BCUT2D eigenvalue weighted by Gasteiger charge is -2.06. The maximum atomic E-state index is 12.5. The van der Waals surface area contributed by atoms with Gasteiger partial charge in [-0.3, -0.25) is 4.79 Å².